The molecule has 0 radical (unpaired) electrons. The fourth-order valence-corrected chi connectivity index (χ4v) is 2.66. The Bertz CT molecular complexity index is 997. The number of aromatic hydroxyl groups is 1. The number of benzene rings is 2. The summed E-state index contributed by atoms with van der Waals surface area (Å²) in [6.45, 7) is 0.114. The largest absolute Gasteiger partial charge is 0.573 e. The van der Waals surface area contributed by atoms with E-state index in [9.17, 15) is 23.4 Å². The fourth-order valence-electron chi connectivity index (χ4n) is 2.66. The van der Waals surface area contributed by atoms with Gasteiger partial charge in [-0.15, -0.1) is 13.2 Å². The van der Waals surface area contributed by atoms with Crippen LogP contribution in [0.5, 0.6) is 17.2 Å². The lowest BCUT2D eigenvalue weighted by Crippen LogP contribution is -2.16. The van der Waals surface area contributed by atoms with E-state index in [2.05, 4.69) is 20.0 Å². The molecule has 30 heavy (non-hydrogen) atoms. The third kappa shape index (κ3) is 5.51. The predicted molar refractivity (Wildman–Crippen MR) is 102 cm³/mol. The van der Waals surface area contributed by atoms with Crippen molar-refractivity contribution < 1.29 is 32.9 Å². The van der Waals surface area contributed by atoms with Crippen LogP contribution in [0.1, 0.15) is 11.7 Å². The van der Waals surface area contributed by atoms with Gasteiger partial charge in [0.2, 0.25) is 0 Å². The first kappa shape index (κ1) is 21.2. The third-order valence-corrected chi connectivity index (χ3v) is 4.12. The minimum absolute atomic E-state index is 0.0338. The standard InChI is InChI=1S/C20H18F3N3O4/c1-29-18-8-13(4-7-16(18)27)17(28)10-24-19-9-15(25-11-26-19)12-2-5-14(6-3-12)30-20(21,22)23/h2-9,11,17,27-28H,10H2,1H3,(H,24,25,26). The molecule has 7 nitrogen and oxygen atoms in total. The Morgan fingerprint density at radius 3 is 2.47 bits per heavy atom. The van der Waals surface area contributed by atoms with Crippen molar-refractivity contribution in [3.05, 3.63) is 60.4 Å². The number of aromatic nitrogens is 2. The zero-order valence-electron chi connectivity index (χ0n) is 15.7. The Labute approximate surface area is 169 Å². The normalized spacial score (nSPS) is 12.3. The van der Waals surface area contributed by atoms with Crippen LogP contribution >= 0.6 is 0 Å². The number of alkyl halides is 3. The third-order valence-electron chi connectivity index (χ3n) is 4.12. The second-order valence-corrected chi connectivity index (χ2v) is 6.19. The van der Waals surface area contributed by atoms with Crippen molar-refractivity contribution in [2.75, 3.05) is 19.0 Å². The summed E-state index contributed by atoms with van der Waals surface area (Å²) >= 11 is 0. The molecule has 3 rings (SSSR count). The molecule has 0 saturated heterocycles. The average Bonchev–Trinajstić information content (AvgIpc) is 2.72. The van der Waals surface area contributed by atoms with E-state index in [1.54, 1.807) is 12.1 Å². The molecule has 158 valence electrons. The van der Waals surface area contributed by atoms with E-state index in [4.69, 9.17) is 4.74 Å². The summed E-state index contributed by atoms with van der Waals surface area (Å²) in [5.41, 5.74) is 1.58. The van der Waals surface area contributed by atoms with Crippen LogP contribution < -0.4 is 14.8 Å². The van der Waals surface area contributed by atoms with Crippen molar-refractivity contribution in [3.8, 4) is 28.5 Å². The molecule has 0 spiro atoms. The van der Waals surface area contributed by atoms with Crippen LogP contribution in [0.3, 0.4) is 0 Å². The van der Waals surface area contributed by atoms with E-state index in [-0.39, 0.29) is 23.8 Å². The van der Waals surface area contributed by atoms with Gasteiger partial charge < -0.3 is 25.0 Å². The number of aliphatic hydroxyl groups excluding tert-OH is 1. The van der Waals surface area contributed by atoms with E-state index in [0.29, 0.717) is 22.6 Å². The molecule has 2 aromatic carbocycles. The molecule has 0 amide bonds. The minimum atomic E-state index is -4.75. The number of aliphatic hydroxyl groups is 1. The summed E-state index contributed by atoms with van der Waals surface area (Å²) in [5.74, 6) is 0.300. The summed E-state index contributed by atoms with van der Waals surface area (Å²) in [5, 5.41) is 23.0. The molecular weight excluding hydrogens is 403 g/mol. The van der Waals surface area contributed by atoms with Crippen molar-refractivity contribution in [1.29, 1.82) is 0 Å². The quantitative estimate of drug-likeness (QED) is 0.532. The Hall–Kier alpha value is -3.53. The number of halogens is 3. The van der Waals surface area contributed by atoms with E-state index in [1.165, 1.54) is 49.8 Å². The Balaban J connectivity index is 1.67. The van der Waals surface area contributed by atoms with Crippen LogP contribution in [0.15, 0.2) is 54.9 Å². The molecule has 0 aliphatic heterocycles. The first-order chi connectivity index (χ1) is 14.2. The fraction of sp³-hybridized carbons (Fsp3) is 0.200. The SMILES string of the molecule is COc1cc(C(O)CNc2cc(-c3ccc(OC(F)(F)F)cc3)ncn2)ccc1O. The second-order valence-electron chi connectivity index (χ2n) is 6.19. The van der Waals surface area contributed by atoms with Crippen molar-refractivity contribution in [2.24, 2.45) is 0 Å². The van der Waals surface area contributed by atoms with Gasteiger partial charge in [-0.25, -0.2) is 9.97 Å². The van der Waals surface area contributed by atoms with Gasteiger partial charge in [0, 0.05) is 18.2 Å². The van der Waals surface area contributed by atoms with Crippen LogP contribution in [0.25, 0.3) is 11.3 Å². The van der Waals surface area contributed by atoms with Gasteiger partial charge >= 0.3 is 6.36 Å². The molecular formula is C20H18F3N3O4. The van der Waals surface area contributed by atoms with Crippen molar-refractivity contribution in [3.63, 3.8) is 0 Å². The maximum absolute atomic E-state index is 12.3. The van der Waals surface area contributed by atoms with E-state index >= 15 is 0 Å². The lowest BCUT2D eigenvalue weighted by molar-refractivity contribution is -0.274. The Morgan fingerprint density at radius 2 is 1.80 bits per heavy atom. The maximum atomic E-state index is 12.3. The highest BCUT2D eigenvalue weighted by molar-refractivity contribution is 5.63. The average molecular weight is 421 g/mol. The van der Waals surface area contributed by atoms with Crippen LogP contribution in [-0.2, 0) is 0 Å². The number of nitrogens with zero attached hydrogens (tertiary/aromatic N) is 2. The summed E-state index contributed by atoms with van der Waals surface area (Å²) in [6, 6.07) is 11.4. The number of phenols is 1. The number of methoxy groups -OCH3 is 1. The van der Waals surface area contributed by atoms with Crippen molar-refractivity contribution in [2.45, 2.75) is 12.5 Å². The Kier molecular flexibility index (Phi) is 6.26. The maximum Gasteiger partial charge on any atom is 0.573 e. The molecule has 0 fully saturated rings. The number of hydrogen-bond acceptors (Lipinski definition) is 7. The molecule has 3 N–H and O–H groups in total. The summed E-state index contributed by atoms with van der Waals surface area (Å²) in [7, 11) is 1.41. The molecule has 0 bridgehead atoms. The number of nitrogens with one attached hydrogen (secondary N) is 1. The van der Waals surface area contributed by atoms with Crippen LogP contribution in [-0.4, -0.2) is 40.2 Å². The van der Waals surface area contributed by atoms with Crippen LogP contribution in [0.2, 0.25) is 0 Å². The summed E-state index contributed by atoms with van der Waals surface area (Å²) in [6.07, 6.45) is -4.36. The van der Waals surface area contributed by atoms with Gasteiger partial charge in [-0.2, -0.15) is 0 Å². The molecule has 10 heteroatoms. The van der Waals surface area contributed by atoms with Gasteiger partial charge in [0.15, 0.2) is 11.5 Å². The zero-order valence-corrected chi connectivity index (χ0v) is 15.7. The number of anilines is 1. The van der Waals surface area contributed by atoms with Gasteiger partial charge in [-0.1, -0.05) is 6.07 Å². The summed E-state index contributed by atoms with van der Waals surface area (Å²) in [4.78, 5) is 8.18. The highest BCUT2D eigenvalue weighted by atomic mass is 19.4. The highest BCUT2D eigenvalue weighted by Crippen LogP contribution is 2.29. The van der Waals surface area contributed by atoms with Gasteiger partial charge in [-0.3, -0.25) is 0 Å². The molecule has 1 heterocycles. The lowest BCUT2D eigenvalue weighted by atomic mass is 10.1. The number of ether oxygens (including phenoxy) is 2. The van der Waals surface area contributed by atoms with Crippen LogP contribution in [0, 0.1) is 0 Å². The van der Waals surface area contributed by atoms with E-state index in [1.807, 2.05) is 0 Å². The summed E-state index contributed by atoms with van der Waals surface area (Å²) < 4.78 is 45.7. The molecule has 1 unspecified atom stereocenters. The smallest absolute Gasteiger partial charge is 0.504 e. The van der Waals surface area contributed by atoms with E-state index < -0.39 is 12.5 Å². The zero-order chi connectivity index (χ0) is 21.7. The van der Waals surface area contributed by atoms with Gasteiger partial charge in [0.25, 0.3) is 0 Å². The van der Waals surface area contributed by atoms with Crippen molar-refractivity contribution >= 4 is 5.82 Å². The minimum Gasteiger partial charge on any atom is -0.504 e. The number of phenolic OH excluding ortho intramolecular Hbond substituents is 1. The molecule has 0 aliphatic rings. The predicted octanol–water partition coefficient (Wildman–Crippen LogP) is 3.90. The van der Waals surface area contributed by atoms with Crippen LogP contribution in [0.4, 0.5) is 19.0 Å². The highest BCUT2D eigenvalue weighted by Gasteiger charge is 2.31. The second kappa shape index (κ2) is 8.87. The number of hydrogen-bond donors (Lipinski definition) is 3. The van der Waals surface area contributed by atoms with Gasteiger partial charge in [-0.05, 0) is 42.0 Å². The first-order valence-electron chi connectivity index (χ1n) is 8.72. The van der Waals surface area contributed by atoms with Gasteiger partial charge in [0.1, 0.15) is 17.9 Å². The molecule has 0 aliphatic carbocycles. The molecule has 3 aromatic rings. The van der Waals surface area contributed by atoms with E-state index in [0.717, 1.165) is 0 Å². The molecule has 0 saturated carbocycles. The lowest BCUT2D eigenvalue weighted by Gasteiger charge is -2.14. The number of rotatable bonds is 7. The first-order valence-corrected chi connectivity index (χ1v) is 8.72. The Morgan fingerprint density at radius 1 is 1.07 bits per heavy atom. The molecule has 1 aromatic heterocycles. The monoisotopic (exact) mass is 421 g/mol. The topological polar surface area (TPSA) is 96.7 Å². The molecule has 1 atom stereocenters. The van der Waals surface area contributed by atoms with Gasteiger partial charge in [0.05, 0.1) is 18.9 Å². The van der Waals surface area contributed by atoms with Crippen molar-refractivity contribution in [1.82, 2.24) is 9.97 Å².